The Hall–Kier alpha value is -2.35. The number of nitrogens with one attached hydrogen (secondary N) is 2. The summed E-state index contributed by atoms with van der Waals surface area (Å²) >= 11 is 0.789. The van der Waals surface area contributed by atoms with E-state index in [1.165, 1.54) is 20.9 Å². The lowest BCUT2D eigenvalue weighted by atomic mass is 10.1. The number of rotatable bonds is 7. The van der Waals surface area contributed by atoms with Crippen LogP contribution in [-0.4, -0.2) is 41.7 Å². The van der Waals surface area contributed by atoms with Gasteiger partial charge in [-0.05, 0) is 36.4 Å². The van der Waals surface area contributed by atoms with Crippen LogP contribution in [0.3, 0.4) is 0 Å². The third-order valence-electron chi connectivity index (χ3n) is 2.89. The van der Waals surface area contributed by atoms with Gasteiger partial charge in [-0.2, -0.15) is 0 Å². The molecule has 2 amide bonds. The lowest BCUT2D eigenvalue weighted by Crippen LogP contribution is -2.46. The monoisotopic (exact) mass is 352 g/mol. The SMILES string of the molecule is CNC(=O)[C@H](CSC(=O)Oc1ccc(CC(C)=O)cc1)NC(C)=O. The molecule has 8 heteroatoms. The zero-order valence-electron chi connectivity index (χ0n) is 13.8. The van der Waals surface area contributed by atoms with Gasteiger partial charge in [0.05, 0.1) is 0 Å². The average Bonchev–Trinajstić information content (AvgIpc) is 2.51. The van der Waals surface area contributed by atoms with Gasteiger partial charge in [0, 0.05) is 26.1 Å². The molecule has 0 unspecified atom stereocenters. The summed E-state index contributed by atoms with van der Waals surface area (Å²) in [7, 11) is 1.45. The van der Waals surface area contributed by atoms with E-state index in [9.17, 15) is 19.2 Å². The lowest BCUT2D eigenvalue weighted by Gasteiger charge is -2.15. The van der Waals surface area contributed by atoms with Gasteiger partial charge in [-0.15, -0.1) is 0 Å². The van der Waals surface area contributed by atoms with E-state index in [-0.39, 0.29) is 23.4 Å². The highest BCUT2D eigenvalue weighted by atomic mass is 32.2. The maximum Gasteiger partial charge on any atom is 0.372 e. The highest BCUT2D eigenvalue weighted by Crippen LogP contribution is 2.17. The number of ketones is 1. The molecule has 0 bridgehead atoms. The van der Waals surface area contributed by atoms with Gasteiger partial charge in [0.25, 0.3) is 0 Å². The molecule has 7 nitrogen and oxygen atoms in total. The van der Waals surface area contributed by atoms with Crippen LogP contribution in [-0.2, 0) is 20.8 Å². The summed E-state index contributed by atoms with van der Waals surface area (Å²) in [6.45, 7) is 2.80. The van der Waals surface area contributed by atoms with Gasteiger partial charge in [-0.1, -0.05) is 12.1 Å². The van der Waals surface area contributed by atoms with Crippen LogP contribution in [0, 0.1) is 0 Å². The summed E-state index contributed by atoms with van der Waals surface area (Å²) in [5, 5.41) is 4.29. The van der Waals surface area contributed by atoms with Gasteiger partial charge >= 0.3 is 5.30 Å². The van der Waals surface area contributed by atoms with Gasteiger partial charge < -0.3 is 15.4 Å². The molecule has 0 heterocycles. The second-order valence-corrected chi connectivity index (χ2v) is 6.01. The molecule has 0 saturated carbocycles. The summed E-state index contributed by atoms with van der Waals surface area (Å²) in [4.78, 5) is 45.6. The molecule has 1 atom stereocenters. The zero-order chi connectivity index (χ0) is 18.1. The van der Waals surface area contributed by atoms with Crippen molar-refractivity contribution in [1.29, 1.82) is 0 Å². The van der Waals surface area contributed by atoms with Crippen molar-refractivity contribution in [3.8, 4) is 5.75 Å². The highest BCUT2D eigenvalue weighted by molar-refractivity contribution is 8.13. The highest BCUT2D eigenvalue weighted by Gasteiger charge is 2.20. The molecule has 24 heavy (non-hydrogen) atoms. The third kappa shape index (κ3) is 7.28. The summed E-state index contributed by atoms with van der Waals surface area (Å²) in [6, 6.07) is 5.79. The Labute approximate surface area is 144 Å². The van der Waals surface area contributed by atoms with Crippen LogP contribution in [0.1, 0.15) is 19.4 Å². The first-order chi connectivity index (χ1) is 11.3. The maximum absolute atomic E-state index is 11.8. The van der Waals surface area contributed by atoms with E-state index in [1.54, 1.807) is 24.3 Å². The maximum atomic E-state index is 11.8. The Morgan fingerprint density at radius 1 is 1.12 bits per heavy atom. The van der Waals surface area contributed by atoms with E-state index in [0.717, 1.165) is 17.3 Å². The molecule has 0 aliphatic carbocycles. The van der Waals surface area contributed by atoms with E-state index in [1.807, 2.05) is 0 Å². The molecule has 0 aliphatic heterocycles. The van der Waals surface area contributed by atoms with Crippen molar-refractivity contribution < 1.29 is 23.9 Å². The molecule has 0 radical (unpaired) electrons. The number of thioether (sulfide) groups is 1. The standard InChI is InChI=1S/C16H20N2O5S/c1-10(19)8-12-4-6-13(7-5-12)23-16(22)24-9-14(15(21)17-3)18-11(2)20/h4-7,14H,8-9H2,1-3H3,(H,17,21)(H,18,20)/t14-/m0/s1. The van der Waals surface area contributed by atoms with E-state index >= 15 is 0 Å². The minimum atomic E-state index is -0.817. The fraction of sp³-hybridized carbons (Fsp3) is 0.375. The Balaban J connectivity index is 2.53. The molecular formula is C16H20N2O5S. The van der Waals surface area contributed by atoms with Crippen LogP contribution in [0.2, 0.25) is 0 Å². The van der Waals surface area contributed by atoms with E-state index in [2.05, 4.69) is 10.6 Å². The van der Waals surface area contributed by atoms with Crippen LogP contribution in [0.4, 0.5) is 4.79 Å². The van der Waals surface area contributed by atoms with Crippen LogP contribution < -0.4 is 15.4 Å². The number of likely N-dealkylation sites (N-methyl/N-ethyl adjacent to an activating group) is 1. The van der Waals surface area contributed by atoms with E-state index in [0.29, 0.717) is 12.2 Å². The van der Waals surface area contributed by atoms with Crippen molar-refractivity contribution in [2.45, 2.75) is 26.3 Å². The van der Waals surface area contributed by atoms with Crippen LogP contribution in [0.5, 0.6) is 5.75 Å². The molecule has 0 aliphatic rings. The number of hydrogen-bond acceptors (Lipinski definition) is 6. The molecule has 0 spiro atoms. The predicted molar refractivity (Wildman–Crippen MR) is 91.0 cm³/mol. The number of Topliss-reactive ketones (excluding diaryl/α,β-unsaturated/α-hetero) is 1. The fourth-order valence-electron chi connectivity index (χ4n) is 1.84. The molecule has 1 aromatic carbocycles. The average molecular weight is 352 g/mol. The van der Waals surface area contributed by atoms with Crippen molar-refractivity contribution in [3.05, 3.63) is 29.8 Å². The molecule has 1 aromatic rings. The lowest BCUT2D eigenvalue weighted by molar-refractivity contribution is -0.127. The topological polar surface area (TPSA) is 102 Å². The molecular weight excluding hydrogens is 332 g/mol. The predicted octanol–water partition coefficient (Wildman–Crippen LogP) is 1.30. The van der Waals surface area contributed by atoms with Crippen LogP contribution in [0.15, 0.2) is 24.3 Å². The minimum Gasteiger partial charge on any atom is -0.418 e. The quantitative estimate of drug-likeness (QED) is 0.717. The second-order valence-electron chi connectivity index (χ2n) is 5.05. The number of benzene rings is 1. The molecule has 1 rings (SSSR count). The number of carbonyl (C=O) groups is 4. The van der Waals surface area contributed by atoms with E-state index in [4.69, 9.17) is 4.74 Å². The first-order valence-electron chi connectivity index (χ1n) is 7.23. The summed E-state index contributed by atoms with van der Waals surface area (Å²) in [6.07, 6.45) is 0.327. The van der Waals surface area contributed by atoms with Gasteiger partial charge in [-0.3, -0.25) is 14.4 Å². The van der Waals surface area contributed by atoms with Crippen molar-refractivity contribution >= 4 is 34.7 Å². The van der Waals surface area contributed by atoms with Crippen molar-refractivity contribution in [3.63, 3.8) is 0 Å². The summed E-state index contributed by atoms with van der Waals surface area (Å²) in [5.41, 5.74) is 0.834. The number of hydrogen-bond donors (Lipinski definition) is 2. The minimum absolute atomic E-state index is 0.0496. The fourth-order valence-corrected chi connectivity index (χ4v) is 2.53. The summed E-state index contributed by atoms with van der Waals surface area (Å²) < 4.78 is 5.14. The summed E-state index contributed by atoms with van der Waals surface area (Å²) in [5.74, 6) is -0.303. The number of ether oxygens (including phenoxy) is 1. The van der Waals surface area contributed by atoms with Crippen LogP contribution in [0.25, 0.3) is 0 Å². The van der Waals surface area contributed by atoms with Gasteiger partial charge in [0.15, 0.2) is 0 Å². The van der Waals surface area contributed by atoms with Gasteiger partial charge in [0.1, 0.15) is 17.6 Å². The molecule has 0 fully saturated rings. The second kappa shape index (κ2) is 9.71. The Morgan fingerprint density at radius 3 is 2.25 bits per heavy atom. The normalized spacial score (nSPS) is 11.3. The van der Waals surface area contributed by atoms with Crippen molar-refractivity contribution in [2.24, 2.45) is 0 Å². The first-order valence-corrected chi connectivity index (χ1v) is 8.22. The first kappa shape index (κ1) is 19.7. The van der Waals surface area contributed by atoms with Gasteiger partial charge in [0.2, 0.25) is 11.8 Å². The Kier molecular flexibility index (Phi) is 7.97. The third-order valence-corrected chi connectivity index (χ3v) is 3.70. The molecule has 0 aromatic heterocycles. The van der Waals surface area contributed by atoms with Crippen molar-refractivity contribution in [1.82, 2.24) is 10.6 Å². The molecule has 2 N–H and O–H groups in total. The smallest absolute Gasteiger partial charge is 0.372 e. The van der Waals surface area contributed by atoms with Crippen LogP contribution >= 0.6 is 11.8 Å². The van der Waals surface area contributed by atoms with E-state index < -0.39 is 11.3 Å². The number of carbonyl (C=O) groups excluding carboxylic acids is 4. The Bertz CT molecular complexity index is 615. The Morgan fingerprint density at radius 2 is 1.75 bits per heavy atom. The molecule has 130 valence electrons. The largest absolute Gasteiger partial charge is 0.418 e. The van der Waals surface area contributed by atoms with Crippen molar-refractivity contribution in [2.75, 3.05) is 12.8 Å². The zero-order valence-corrected chi connectivity index (χ0v) is 14.6. The molecule has 0 saturated heterocycles. The number of amides is 2. The van der Waals surface area contributed by atoms with Gasteiger partial charge in [-0.25, -0.2) is 4.79 Å².